The average molecular weight is 572 g/mol. The summed E-state index contributed by atoms with van der Waals surface area (Å²) in [6.45, 7) is 19.6. The Bertz CT molecular complexity index is 1110. The molecular weight excluding hydrogens is 522 g/mol. The van der Waals surface area contributed by atoms with Gasteiger partial charge in [-0.1, -0.05) is 77.1 Å². The highest BCUT2D eigenvalue weighted by molar-refractivity contribution is 5.92. The van der Waals surface area contributed by atoms with Crippen LogP contribution in [0.3, 0.4) is 0 Å². The molecule has 0 saturated heterocycles. The van der Waals surface area contributed by atoms with E-state index in [2.05, 4.69) is 17.2 Å². The summed E-state index contributed by atoms with van der Waals surface area (Å²) in [5.41, 5.74) is -1.19. The molecule has 0 spiro atoms. The van der Waals surface area contributed by atoms with Crippen molar-refractivity contribution in [2.75, 3.05) is 13.6 Å². The molecule has 0 heterocycles. The second-order valence-electron chi connectivity index (χ2n) is 13.0. The number of carbonyl (C=O) groups excluding carboxylic acids is 3. The zero-order valence-electron chi connectivity index (χ0n) is 26.3. The van der Waals surface area contributed by atoms with Gasteiger partial charge in [-0.05, 0) is 45.1 Å². The van der Waals surface area contributed by atoms with E-state index >= 15 is 0 Å². The van der Waals surface area contributed by atoms with Gasteiger partial charge < -0.3 is 20.1 Å². The van der Waals surface area contributed by atoms with E-state index in [1.165, 1.54) is 17.9 Å². The van der Waals surface area contributed by atoms with E-state index < -0.39 is 52.4 Å². The minimum absolute atomic E-state index is 0.101. The Hall–Kier alpha value is -3.46. The Balaban J connectivity index is 3.43. The number of carbonyl (C=O) groups is 4. The Morgan fingerprint density at radius 2 is 1.56 bits per heavy atom. The molecule has 228 valence electrons. The average Bonchev–Trinajstić information content (AvgIpc) is 2.84. The number of nitrogens with one attached hydrogen (secondary N) is 2. The molecule has 41 heavy (non-hydrogen) atoms. The number of carboxylic acid groups (broad SMARTS) is 1. The molecule has 0 saturated carbocycles. The van der Waals surface area contributed by atoms with Gasteiger partial charge in [0.1, 0.15) is 11.6 Å². The summed E-state index contributed by atoms with van der Waals surface area (Å²) in [7, 11) is 1.58. The summed E-state index contributed by atoms with van der Waals surface area (Å²) >= 11 is 0. The van der Waals surface area contributed by atoms with Gasteiger partial charge in [-0.2, -0.15) is 0 Å². The van der Waals surface area contributed by atoms with E-state index in [-0.39, 0.29) is 18.0 Å². The molecule has 2 unspecified atom stereocenters. The van der Waals surface area contributed by atoms with Gasteiger partial charge in [0.25, 0.3) is 0 Å². The van der Waals surface area contributed by atoms with Crippen LogP contribution in [-0.4, -0.2) is 71.1 Å². The number of ether oxygens (including phenoxy) is 1. The van der Waals surface area contributed by atoms with Crippen molar-refractivity contribution in [3.05, 3.63) is 60.2 Å². The van der Waals surface area contributed by atoms with E-state index in [1.54, 1.807) is 33.9 Å². The summed E-state index contributed by atoms with van der Waals surface area (Å²) in [5, 5.41) is 15.4. The highest BCUT2D eigenvalue weighted by atomic mass is 16.6. The predicted molar refractivity (Wildman–Crippen MR) is 161 cm³/mol. The van der Waals surface area contributed by atoms with Crippen LogP contribution in [0.15, 0.2) is 54.6 Å². The lowest BCUT2D eigenvalue weighted by Crippen LogP contribution is -2.62. The molecule has 3 N–H and O–H groups in total. The first-order valence-electron chi connectivity index (χ1n) is 13.8. The zero-order chi connectivity index (χ0) is 31.8. The lowest BCUT2D eigenvalue weighted by Gasteiger charge is -2.39. The van der Waals surface area contributed by atoms with Gasteiger partial charge in [0, 0.05) is 18.0 Å². The molecule has 0 aliphatic rings. The number of likely N-dealkylation sites (N-methyl/N-ethyl adjacent to an activating group) is 1. The third-order valence-corrected chi connectivity index (χ3v) is 6.80. The molecule has 9 heteroatoms. The molecule has 0 fully saturated rings. The Morgan fingerprint density at radius 1 is 1.00 bits per heavy atom. The van der Waals surface area contributed by atoms with Crippen LogP contribution in [0.4, 0.5) is 0 Å². The third-order valence-electron chi connectivity index (χ3n) is 6.80. The SMILES string of the molecule is C=CC[C@@H](/C=C(\C)C(=O)O)N(C)C(=O)C(NC(=O)C(NCC(=O)OC(C)(C)C)C(C)(C)c1ccccc1)C(C)(C)C. The molecule has 0 aromatic heterocycles. The smallest absolute Gasteiger partial charge is 0.331 e. The molecule has 0 aliphatic carbocycles. The van der Waals surface area contributed by atoms with Crippen molar-refractivity contribution in [3.8, 4) is 0 Å². The zero-order valence-corrected chi connectivity index (χ0v) is 26.3. The monoisotopic (exact) mass is 571 g/mol. The fraction of sp³-hybridized carbons (Fsp3) is 0.562. The maximum atomic E-state index is 14.0. The summed E-state index contributed by atoms with van der Waals surface area (Å²) in [4.78, 5) is 53.3. The Kier molecular flexibility index (Phi) is 12.5. The van der Waals surface area contributed by atoms with Crippen molar-refractivity contribution in [3.63, 3.8) is 0 Å². The first-order valence-corrected chi connectivity index (χ1v) is 13.8. The minimum atomic E-state index is -1.08. The quantitative estimate of drug-likeness (QED) is 0.184. The summed E-state index contributed by atoms with van der Waals surface area (Å²) in [5.74, 6) is -2.42. The number of amides is 2. The molecule has 9 nitrogen and oxygen atoms in total. The molecule has 0 radical (unpaired) electrons. The van der Waals surface area contributed by atoms with Crippen molar-refractivity contribution in [2.24, 2.45) is 5.41 Å². The first-order chi connectivity index (χ1) is 18.7. The molecule has 0 aliphatic heterocycles. The van der Waals surface area contributed by atoms with Crippen molar-refractivity contribution in [2.45, 2.75) is 97.9 Å². The van der Waals surface area contributed by atoms with Crippen LogP contribution in [0.25, 0.3) is 0 Å². The Morgan fingerprint density at radius 3 is 2.02 bits per heavy atom. The maximum Gasteiger partial charge on any atom is 0.331 e. The molecule has 2 amide bonds. The Labute approximate surface area is 245 Å². The van der Waals surface area contributed by atoms with Crippen molar-refractivity contribution < 1.29 is 29.0 Å². The lowest BCUT2D eigenvalue weighted by molar-refractivity contribution is -0.154. The molecular formula is C32H49N3O6. The van der Waals surface area contributed by atoms with Crippen LogP contribution >= 0.6 is 0 Å². The van der Waals surface area contributed by atoms with Gasteiger partial charge in [0.15, 0.2) is 0 Å². The van der Waals surface area contributed by atoms with E-state index in [4.69, 9.17) is 4.74 Å². The molecule has 3 atom stereocenters. The predicted octanol–water partition coefficient (Wildman–Crippen LogP) is 4.23. The summed E-state index contributed by atoms with van der Waals surface area (Å²) < 4.78 is 5.44. The van der Waals surface area contributed by atoms with Crippen LogP contribution in [-0.2, 0) is 29.3 Å². The van der Waals surface area contributed by atoms with Crippen LogP contribution in [0, 0.1) is 5.41 Å². The highest BCUT2D eigenvalue weighted by Crippen LogP contribution is 2.29. The first kappa shape index (κ1) is 35.6. The third kappa shape index (κ3) is 10.8. The number of carboxylic acids is 1. The van der Waals surface area contributed by atoms with Crippen molar-refractivity contribution >= 4 is 23.8 Å². The van der Waals surface area contributed by atoms with E-state index in [0.29, 0.717) is 6.42 Å². The minimum Gasteiger partial charge on any atom is -0.478 e. The van der Waals surface area contributed by atoms with E-state index in [9.17, 15) is 24.3 Å². The normalized spacial score (nSPS) is 14.8. The van der Waals surface area contributed by atoms with Gasteiger partial charge in [0.05, 0.1) is 18.6 Å². The van der Waals surface area contributed by atoms with Crippen molar-refractivity contribution in [1.29, 1.82) is 0 Å². The van der Waals surface area contributed by atoms with E-state index in [1.807, 2.05) is 65.0 Å². The number of hydrogen-bond donors (Lipinski definition) is 3. The maximum absolute atomic E-state index is 14.0. The van der Waals surface area contributed by atoms with Gasteiger partial charge >= 0.3 is 11.9 Å². The molecule has 1 aromatic carbocycles. The van der Waals surface area contributed by atoms with Crippen LogP contribution < -0.4 is 10.6 Å². The van der Waals surface area contributed by atoms with Gasteiger partial charge in [0.2, 0.25) is 11.8 Å². The molecule has 1 rings (SSSR count). The number of rotatable bonds is 13. The standard InChI is InChI=1S/C32H49N3O6/c1-12-16-23(19-21(2)29(39)40)35(11)28(38)26(30(3,4)5)34-27(37)25(33-20-24(36)41-31(6,7)8)32(9,10)22-17-14-13-15-18-22/h12-15,17-19,23,25-26,33H,1,16,20H2,2-11H3,(H,34,37)(H,39,40)/b21-19+/t23-,25?,26?/m0/s1. The number of benzene rings is 1. The number of nitrogens with zero attached hydrogens (tertiary/aromatic N) is 1. The number of esters is 1. The fourth-order valence-corrected chi connectivity index (χ4v) is 4.38. The largest absolute Gasteiger partial charge is 0.478 e. The molecule has 1 aromatic rings. The van der Waals surface area contributed by atoms with E-state index in [0.717, 1.165) is 5.56 Å². The van der Waals surface area contributed by atoms with Gasteiger partial charge in [-0.3, -0.25) is 19.7 Å². The second kappa shape index (κ2) is 14.4. The van der Waals surface area contributed by atoms with Crippen LogP contribution in [0.2, 0.25) is 0 Å². The van der Waals surface area contributed by atoms with Gasteiger partial charge in [-0.25, -0.2) is 4.79 Å². The van der Waals surface area contributed by atoms with Crippen molar-refractivity contribution in [1.82, 2.24) is 15.5 Å². The second-order valence-corrected chi connectivity index (χ2v) is 13.0. The highest BCUT2D eigenvalue weighted by Gasteiger charge is 2.42. The number of hydrogen-bond acceptors (Lipinski definition) is 6. The van der Waals surface area contributed by atoms with Crippen LogP contribution in [0.5, 0.6) is 0 Å². The van der Waals surface area contributed by atoms with Crippen LogP contribution in [0.1, 0.15) is 74.3 Å². The van der Waals surface area contributed by atoms with Gasteiger partial charge in [-0.15, -0.1) is 6.58 Å². The summed E-state index contributed by atoms with van der Waals surface area (Å²) in [6.07, 6.45) is 3.45. The lowest BCUT2D eigenvalue weighted by atomic mass is 9.76. The topological polar surface area (TPSA) is 125 Å². The summed E-state index contributed by atoms with van der Waals surface area (Å²) in [6, 6.07) is 7.03. The molecule has 0 bridgehead atoms. The number of aliphatic carboxylic acids is 1. The fourth-order valence-electron chi connectivity index (χ4n) is 4.38.